The van der Waals surface area contributed by atoms with Crippen molar-refractivity contribution in [1.82, 2.24) is 0 Å². The fourth-order valence-corrected chi connectivity index (χ4v) is 2.31. The molecule has 0 amide bonds. The summed E-state index contributed by atoms with van der Waals surface area (Å²) in [6, 6.07) is 17.8. The zero-order valence-corrected chi connectivity index (χ0v) is 11.6. The molecule has 0 unspecified atom stereocenters. The number of hydrogen-bond donors (Lipinski definition) is 0. The molecule has 0 atom stereocenters. The Morgan fingerprint density at radius 3 is 2.42 bits per heavy atom. The Kier molecular flexibility index (Phi) is 5.17. The summed E-state index contributed by atoms with van der Waals surface area (Å²) in [5.41, 5.74) is 2.29. The molecule has 2 heteroatoms. The molecule has 19 heavy (non-hydrogen) atoms. The largest absolute Gasteiger partial charge is 0.299 e. The number of aryl methyl sites for hydroxylation is 1. The summed E-state index contributed by atoms with van der Waals surface area (Å²) in [7, 11) is 0. The van der Waals surface area contributed by atoms with Gasteiger partial charge in [0.05, 0.1) is 0 Å². The second kappa shape index (κ2) is 7.10. The van der Waals surface area contributed by atoms with Gasteiger partial charge in [-0.25, -0.2) is 0 Å². The van der Waals surface area contributed by atoms with Crippen molar-refractivity contribution in [2.75, 3.05) is 0 Å². The molecule has 0 saturated heterocycles. The minimum absolute atomic E-state index is 0.276. The summed E-state index contributed by atoms with van der Waals surface area (Å²) >= 11 is 5.90. The van der Waals surface area contributed by atoms with E-state index in [1.54, 1.807) is 0 Å². The maximum Gasteiger partial charge on any atom is 0.137 e. The molecule has 0 N–H and O–H groups in total. The van der Waals surface area contributed by atoms with Crippen LogP contribution in [0.4, 0.5) is 0 Å². The molecule has 0 bridgehead atoms. The first-order valence-electron chi connectivity index (χ1n) is 6.54. The fraction of sp³-hybridized carbons (Fsp3) is 0.235. The van der Waals surface area contributed by atoms with Crippen LogP contribution < -0.4 is 0 Å². The van der Waals surface area contributed by atoms with Gasteiger partial charge in [0.15, 0.2) is 0 Å². The van der Waals surface area contributed by atoms with Gasteiger partial charge in [0.1, 0.15) is 5.78 Å². The van der Waals surface area contributed by atoms with E-state index in [2.05, 4.69) is 12.1 Å². The third-order valence-corrected chi connectivity index (χ3v) is 3.29. The van der Waals surface area contributed by atoms with Gasteiger partial charge < -0.3 is 0 Å². The topological polar surface area (TPSA) is 17.1 Å². The van der Waals surface area contributed by atoms with Crippen LogP contribution in [0, 0.1) is 0 Å². The van der Waals surface area contributed by atoms with Crippen molar-refractivity contribution < 1.29 is 4.79 Å². The van der Waals surface area contributed by atoms with E-state index in [9.17, 15) is 4.79 Å². The Balaban J connectivity index is 1.76. The monoisotopic (exact) mass is 272 g/mol. The summed E-state index contributed by atoms with van der Waals surface area (Å²) < 4.78 is 0. The van der Waals surface area contributed by atoms with Gasteiger partial charge >= 0.3 is 0 Å². The lowest BCUT2D eigenvalue weighted by molar-refractivity contribution is -0.118. The van der Waals surface area contributed by atoms with Crippen LogP contribution in [0.2, 0.25) is 5.02 Å². The average Bonchev–Trinajstić information content (AvgIpc) is 2.40. The SMILES string of the molecule is O=C(CCCc1ccccc1)Cc1cccc(Cl)c1. The molecule has 98 valence electrons. The van der Waals surface area contributed by atoms with Crippen LogP contribution >= 0.6 is 11.6 Å². The maximum absolute atomic E-state index is 11.9. The van der Waals surface area contributed by atoms with Crippen LogP contribution in [-0.4, -0.2) is 5.78 Å². The van der Waals surface area contributed by atoms with E-state index in [0.29, 0.717) is 17.9 Å². The maximum atomic E-state index is 11.9. The molecule has 0 saturated carbocycles. The summed E-state index contributed by atoms with van der Waals surface area (Å²) in [6.45, 7) is 0. The highest BCUT2D eigenvalue weighted by Gasteiger charge is 2.04. The summed E-state index contributed by atoms with van der Waals surface area (Å²) in [6.07, 6.45) is 2.97. The predicted molar refractivity (Wildman–Crippen MR) is 79.5 cm³/mol. The number of benzene rings is 2. The van der Waals surface area contributed by atoms with E-state index in [4.69, 9.17) is 11.6 Å². The van der Waals surface area contributed by atoms with E-state index in [1.165, 1.54) is 5.56 Å². The minimum atomic E-state index is 0.276. The predicted octanol–water partition coefficient (Wildman–Crippen LogP) is 4.47. The van der Waals surface area contributed by atoms with Crippen LogP contribution in [0.3, 0.4) is 0 Å². The van der Waals surface area contributed by atoms with E-state index in [0.717, 1.165) is 18.4 Å². The molecule has 2 aromatic rings. The van der Waals surface area contributed by atoms with Gasteiger partial charge in [-0.1, -0.05) is 54.1 Å². The normalized spacial score (nSPS) is 10.4. The van der Waals surface area contributed by atoms with Crippen molar-refractivity contribution in [3.63, 3.8) is 0 Å². The van der Waals surface area contributed by atoms with Gasteiger partial charge in [0.25, 0.3) is 0 Å². The zero-order chi connectivity index (χ0) is 13.5. The van der Waals surface area contributed by atoms with Gasteiger partial charge in [-0.05, 0) is 36.1 Å². The fourth-order valence-electron chi connectivity index (χ4n) is 2.10. The Morgan fingerprint density at radius 1 is 0.947 bits per heavy atom. The molecule has 0 spiro atoms. The standard InChI is InChI=1S/C17H17ClO/c18-16-10-4-9-15(12-16)13-17(19)11-5-8-14-6-2-1-3-7-14/h1-4,6-7,9-10,12H,5,8,11,13H2. The minimum Gasteiger partial charge on any atom is -0.299 e. The second-order valence-electron chi connectivity index (χ2n) is 4.68. The Morgan fingerprint density at radius 2 is 1.68 bits per heavy atom. The van der Waals surface area contributed by atoms with Crippen LogP contribution in [-0.2, 0) is 17.6 Å². The van der Waals surface area contributed by atoms with Crippen molar-refractivity contribution in [3.05, 3.63) is 70.7 Å². The van der Waals surface area contributed by atoms with Gasteiger partial charge in [-0.3, -0.25) is 4.79 Å². The molecule has 0 heterocycles. The quantitative estimate of drug-likeness (QED) is 0.758. The number of carbonyl (C=O) groups excluding carboxylic acids is 1. The van der Waals surface area contributed by atoms with E-state index in [-0.39, 0.29) is 5.78 Å². The van der Waals surface area contributed by atoms with Crippen molar-refractivity contribution in [1.29, 1.82) is 0 Å². The third kappa shape index (κ3) is 4.88. The lowest BCUT2D eigenvalue weighted by Crippen LogP contribution is -2.03. The highest BCUT2D eigenvalue weighted by Crippen LogP contribution is 2.13. The lowest BCUT2D eigenvalue weighted by atomic mass is 10.0. The van der Waals surface area contributed by atoms with Crippen molar-refractivity contribution in [3.8, 4) is 0 Å². The molecule has 2 aromatic carbocycles. The van der Waals surface area contributed by atoms with Crippen molar-refractivity contribution in [2.24, 2.45) is 0 Å². The highest BCUT2D eigenvalue weighted by molar-refractivity contribution is 6.30. The smallest absolute Gasteiger partial charge is 0.137 e. The molecule has 0 aliphatic heterocycles. The van der Waals surface area contributed by atoms with Crippen molar-refractivity contribution in [2.45, 2.75) is 25.7 Å². The Hall–Kier alpha value is -1.60. The first-order valence-corrected chi connectivity index (χ1v) is 6.92. The summed E-state index contributed by atoms with van der Waals surface area (Å²) in [4.78, 5) is 11.9. The van der Waals surface area contributed by atoms with Crippen LogP contribution in [0.1, 0.15) is 24.0 Å². The Bertz CT molecular complexity index is 534. The summed E-state index contributed by atoms with van der Waals surface area (Å²) in [5, 5.41) is 0.689. The first-order chi connectivity index (χ1) is 9.24. The second-order valence-corrected chi connectivity index (χ2v) is 5.12. The number of carbonyl (C=O) groups is 1. The van der Waals surface area contributed by atoms with Crippen LogP contribution in [0.15, 0.2) is 54.6 Å². The van der Waals surface area contributed by atoms with Crippen LogP contribution in [0.5, 0.6) is 0 Å². The molecule has 0 radical (unpaired) electrons. The molecular weight excluding hydrogens is 256 g/mol. The number of rotatable bonds is 6. The summed E-state index contributed by atoms with van der Waals surface area (Å²) in [5.74, 6) is 0.276. The molecule has 0 fully saturated rings. The first kappa shape index (κ1) is 13.8. The van der Waals surface area contributed by atoms with E-state index in [1.807, 2.05) is 42.5 Å². The lowest BCUT2D eigenvalue weighted by Gasteiger charge is -2.03. The molecule has 2 rings (SSSR count). The van der Waals surface area contributed by atoms with Gasteiger partial charge in [0.2, 0.25) is 0 Å². The molecule has 0 aliphatic rings. The van der Waals surface area contributed by atoms with Gasteiger partial charge in [-0.15, -0.1) is 0 Å². The molecular formula is C17H17ClO. The Labute approximate surface area is 119 Å². The molecule has 0 aliphatic carbocycles. The number of ketones is 1. The van der Waals surface area contributed by atoms with Crippen molar-refractivity contribution >= 4 is 17.4 Å². The van der Waals surface area contributed by atoms with E-state index >= 15 is 0 Å². The number of halogens is 1. The number of hydrogen-bond acceptors (Lipinski definition) is 1. The van der Waals surface area contributed by atoms with Gasteiger partial charge in [-0.2, -0.15) is 0 Å². The molecule has 1 nitrogen and oxygen atoms in total. The van der Waals surface area contributed by atoms with Gasteiger partial charge in [0, 0.05) is 17.9 Å². The zero-order valence-electron chi connectivity index (χ0n) is 10.8. The van der Waals surface area contributed by atoms with Crippen LogP contribution in [0.25, 0.3) is 0 Å². The number of Topliss-reactive ketones (excluding diaryl/α,β-unsaturated/α-hetero) is 1. The average molecular weight is 273 g/mol. The molecule has 0 aromatic heterocycles. The third-order valence-electron chi connectivity index (χ3n) is 3.05. The van der Waals surface area contributed by atoms with E-state index < -0.39 is 0 Å². The highest BCUT2D eigenvalue weighted by atomic mass is 35.5.